The molecule has 0 saturated carbocycles. The lowest BCUT2D eigenvalue weighted by Crippen LogP contribution is -2.23. The maximum Gasteiger partial charge on any atom is 0.269 e. The summed E-state index contributed by atoms with van der Waals surface area (Å²) in [7, 11) is 0. The third kappa shape index (κ3) is 4.60. The van der Waals surface area contributed by atoms with E-state index in [-0.39, 0.29) is 16.6 Å². The van der Waals surface area contributed by atoms with Gasteiger partial charge in [0.05, 0.1) is 11.1 Å². The summed E-state index contributed by atoms with van der Waals surface area (Å²) in [6.07, 6.45) is 1.47. The summed E-state index contributed by atoms with van der Waals surface area (Å²) in [5, 5.41) is 17.5. The molecule has 0 aliphatic rings. The lowest BCUT2D eigenvalue weighted by molar-refractivity contribution is -0.384. The lowest BCUT2D eigenvalue weighted by Gasteiger charge is -2.06. The molecular formula is C14H11FN4O2S. The van der Waals surface area contributed by atoms with Crippen LogP contribution in [0.25, 0.3) is 0 Å². The highest BCUT2D eigenvalue weighted by atomic mass is 32.1. The molecule has 0 aliphatic carbocycles. The molecule has 22 heavy (non-hydrogen) atoms. The predicted octanol–water partition coefficient (Wildman–Crippen LogP) is 3.05. The number of thiocarbonyl (C=S) groups is 1. The fraction of sp³-hybridized carbons (Fsp3) is 0. The number of anilines is 1. The van der Waals surface area contributed by atoms with Gasteiger partial charge in [0.2, 0.25) is 0 Å². The largest absolute Gasteiger partial charge is 0.331 e. The third-order valence-corrected chi connectivity index (χ3v) is 2.78. The van der Waals surface area contributed by atoms with Gasteiger partial charge in [-0.25, -0.2) is 4.39 Å². The maximum atomic E-state index is 12.8. The Bertz CT molecular complexity index is 702. The quantitative estimate of drug-likeness (QED) is 0.392. The molecule has 112 valence electrons. The molecule has 0 saturated heterocycles. The van der Waals surface area contributed by atoms with Gasteiger partial charge in [-0.3, -0.25) is 15.5 Å². The van der Waals surface area contributed by atoms with Crippen molar-refractivity contribution in [2.24, 2.45) is 5.10 Å². The summed E-state index contributed by atoms with van der Waals surface area (Å²) < 4.78 is 12.8. The van der Waals surface area contributed by atoms with Crippen LogP contribution in [0.2, 0.25) is 0 Å². The van der Waals surface area contributed by atoms with Crippen molar-refractivity contribution in [2.45, 2.75) is 0 Å². The van der Waals surface area contributed by atoms with E-state index in [1.165, 1.54) is 30.5 Å². The number of nitro benzene ring substituents is 1. The molecule has 2 N–H and O–H groups in total. The molecule has 2 aromatic rings. The Morgan fingerprint density at radius 3 is 2.41 bits per heavy atom. The number of nitrogens with zero attached hydrogens (tertiary/aromatic N) is 2. The zero-order chi connectivity index (χ0) is 15.9. The number of hydrogen-bond donors (Lipinski definition) is 2. The average molecular weight is 318 g/mol. The molecule has 0 spiro atoms. The van der Waals surface area contributed by atoms with E-state index < -0.39 is 4.92 Å². The Kier molecular flexibility index (Phi) is 5.10. The van der Waals surface area contributed by atoms with E-state index in [0.717, 1.165) is 0 Å². The highest BCUT2D eigenvalue weighted by molar-refractivity contribution is 7.80. The van der Waals surface area contributed by atoms with Gasteiger partial charge in [0.1, 0.15) is 5.82 Å². The van der Waals surface area contributed by atoms with Gasteiger partial charge >= 0.3 is 0 Å². The number of nitro groups is 1. The molecule has 2 rings (SSSR count). The number of non-ortho nitro benzene ring substituents is 1. The van der Waals surface area contributed by atoms with Crippen molar-refractivity contribution in [1.29, 1.82) is 0 Å². The smallest absolute Gasteiger partial charge is 0.269 e. The van der Waals surface area contributed by atoms with Crippen molar-refractivity contribution < 1.29 is 9.31 Å². The Morgan fingerprint density at radius 1 is 1.18 bits per heavy atom. The first-order chi connectivity index (χ1) is 10.5. The minimum absolute atomic E-state index is 0.0126. The summed E-state index contributed by atoms with van der Waals surface area (Å²) in [5.41, 5.74) is 3.92. The summed E-state index contributed by atoms with van der Waals surface area (Å²) in [5.74, 6) is -0.333. The van der Waals surface area contributed by atoms with E-state index in [0.29, 0.717) is 11.3 Å². The molecule has 0 aliphatic heterocycles. The Hall–Kier alpha value is -2.87. The van der Waals surface area contributed by atoms with E-state index in [9.17, 15) is 14.5 Å². The van der Waals surface area contributed by atoms with Gasteiger partial charge in [0.15, 0.2) is 5.11 Å². The van der Waals surface area contributed by atoms with Gasteiger partial charge in [0.25, 0.3) is 5.69 Å². The normalized spacial score (nSPS) is 10.4. The number of hydrazone groups is 1. The first-order valence-corrected chi connectivity index (χ1v) is 6.55. The molecule has 6 nitrogen and oxygen atoms in total. The van der Waals surface area contributed by atoms with Gasteiger partial charge in [-0.05, 0) is 54.2 Å². The monoisotopic (exact) mass is 318 g/mol. The number of rotatable bonds is 4. The van der Waals surface area contributed by atoms with E-state index >= 15 is 0 Å². The van der Waals surface area contributed by atoms with Crippen LogP contribution < -0.4 is 10.7 Å². The van der Waals surface area contributed by atoms with Crippen LogP contribution in [-0.4, -0.2) is 16.3 Å². The van der Waals surface area contributed by atoms with E-state index in [4.69, 9.17) is 12.2 Å². The van der Waals surface area contributed by atoms with Gasteiger partial charge < -0.3 is 5.32 Å². The molecule has 0 unspecified atom stereocenters. The first kappa shape index (κ1) is 15.5. The molecule has 0 heterocycles. The van der Waals surface area contributed by atoms with Crippen molar-refractivity contribution in [2.75, 3.05) is 5.32 Å². The van der Waals surface area contributed by atoms with Crippen LogP contribution in [0.4, 0.5) is 15.8 Å². The van der Waals surface area contributed by atoms with Crippen molar-refractivity contribution in [3.8, 4) is 0 Å². The van der Waals surface area contributed by atoms with Gasteiger partial charge in [-0.1, -0.05) is 0 Å². The van der Waals surface area contributed by atoms with Crippen LogP contribution in [0.5, 0.6) is 0 Å². The van der Waals surface area contributed by atoms with E-state index in [1.54, 1.807) is 24.3 Å². The summed E-state index contributed by atoms with van der Waals surface area (Å²) in [6, 6.07) is 11.6. The van der Waals surface area contributed by atoms with Gasteiger partial charge in [-0.15, -0.1) is 0 Å². The van der Waals surface area contributed by atoms with Gasteiger partial charge in [0, 0.05) is 17.8 Å². The second-order valence-corrected chi connectivity index (χ2v) is 4.59. The fourth-order valence-corrected chi connectivity index (χ4v) is 1.71. The Morgan fingerprint density at radius 2 is 1.82 bits per heavy atom. The topological polar surface area (TPSA) is 79.6 Å². The second kappa shape index (κ2) is 7.23. The minimum Gasteiger partial charge on any atom is -0.331 e. The highest BCUT2D eigenvalue weighted by Crippen LogP contribution is 2.10. The van der Waals surface area contributed by atoms with Crippen molar-refractivity contribution in [3.05, 3.63) is 70.0 Å². The average Bonchev–Trinajstić information content (AvgIpc) is 2.50. The van der Waals surface area contributed by atoms with Crippen molar-refractivity contribution in [1.82, 2.24) is 5.43 Å². The van der Waals surface area contributed by atoms with Crippen LogP contribution in [0.1, 0.15) is 5.56 Å². The molecule has 2 aromatic carbocycles. The third-order valence-electron chi connectivity index (χ3n) is 2.59. The highest BCUT2D eigenvalue weighted by Gasteiger charge is 2.02. The zero-order valence-electron chi connectivity index (χ0n) is 11.2. The molecule has 0 radical (unpaired) electrons. The van der Waals surface area contributed by atoms with Crippen LogP contribution in [0.15, 0.2) is 53.6 Å². The van der Waals surface area contributed by atoms with Crippen molar-refractivity contribution >= 4 is 34.9 Å². The molecule has 0 fully saturated rings. The summed E-state index contributed by atoms with van der Waals surface area (Å²) >= 11 is 5.02. The van der Waals surface area contributed by atoms with Crippen LogP contribution in [0.3, 0.4) is 0 Å². The van der Waals surface area contributed by atoms with Gasteiger partial charge in [-0.2, -0.15) is 5.10 Å². The molecule has 0 amide bonds. The number of nitrogens with one attached hydrogen (secondary N) is 2. The van der Waals surface area contributed by atoms with Crippen LogP contribution >= 0.6 is 12.2 Å². The van der Waals surface area contributed by atoms with E-state index in [2.05, 4.69) is 15.8 Å². The molecular weight excluding hydrogens is 307 g/mol. The fourth-order valence-electron chi connectivity index (χ4n) is 1.54. The zero-order valence-corrected chi connectivity index (χ0v) is 12.0. The number of hydrogen-bond acceptors (Lipinski definition) is 4. The molecule has 8 heteroatoms. The Labute approximate surface area is 130 Å². The molecule has 0 atom stereocenters. The standard InChI is InChI=1S/C14H11FN4O2S/c15-11-3-5-12(6-4-11)17-14(22)18-16-9-10-1-7-13(8-2-10)19(20)21/h1-9H,(H2,17,18,22)/b16-9-. The minimum atomic E-state index is -0.471. The van der Waals surface area contributed by atoms with Crippen LogP contribution in [0, 0.1) is 15.9 Å². The molecule has 0 bridgehead atoms. The summed E-state index contributed by atoms with van der Waals surface area (Å²) in [4.78, 5) is 10.0. The second-order valence-electron chi connectivity index (χ2n) is 4.18. The van der Waals surface area contributed by atoms with E-state index in [1.807, 2.05) is 0 Å². The lowest BCUT2D eigenvalue weighted by atomic mass is 10.2. The summed E-state index contributed by atoms with van der Waals surface area (Å²) in [6.45, 7) is 0. The SMILES string of the molecule is O=[N+]([O-])c1ccc(/C=N\NC(=S)Nc2ccc(F)cc2)cc1. The van der Waals surface area contributed by atoms with Crippen LogP contribution in [-0.2, 0) is 0 Å². The van der Waals surface area contributed by atoms with Crippen molar-refractivity contribution in [3.63, 3.8) is 0 Å². The predicted molar refractivity (Wildman–Crippen MR) is 86.4 cm³/mol. The maximum absolute atomic E-state index is 12.8. The number of halogens is 1. The number of benzene rings is 2. The molecule has 0 aromatic heterocycles. The Balaban J connectivity index is 1.87. The first-order valence-electron chi connectivity index (χ1n) is 6.15.